The third-order valence-corrected chi connectivity index (χ3v) is 4.63. The predicted octanol–water partition coefficient (Wildman–Crippen LogP) is 1.43. The topological polar surface area (TPSA) is 71.8 Å². The van der Waals surface area contributed by atoms with Crippen LogP contribution in [0.1, 0.15) is 25.5 Å². The second-order valence-electron chi connectivity index (χ2n) is 4.83. The van der Waals surface area contributed by atoms with Crippen LogP contribution in [0.3, 0.4) is 0 Å². The van der Waals surface area contributed by atoms with Gasteiger partial charge >= 0.3 is 0 Å². The number of nitrogens with one attached hydrogen (secondary N) is 1. The lowest BCUT2D eigenvalue weighted by atomic mass is 10.2. The summed E-state index contributed by atoms with van der Waals surface area (Å²) in [6.07, 6.45) is 2.05. The highest BCUT2D eigenvalue weighted by Crippen LogP contribution is 2.16. The molecule has 7 heteroatoms. The fourth-order valence-corrected chi connectivity index (χ4v) is 2.62. The van der Waals surface area contributed by atoms with Crippen LogP contribution in [0.4, 0.5) is 0 Å². The van der Waals surface area contributed by atoms with Crippen molar-refractivity contribution in [1.82, 2.24) is 9.62 Å². The summed E-state index contributed by atoms with van der Waals surface area (Å²) in [4.78, 5) is 0. The van der Waals surface area contributed by atoms with E-state index in [4.69, 9.17) is 9.15 Å². The molecule has 0 aromatic carbocycles. The number of methoxy groups -OCH3 is 1. The molecule has 0 aliphatic heterocycles. The Labute approximate surface area is 121 Å². The third kappa shape index (κ3) is 4.59. The van der Waals surface area contributed by atoms with Crippen molar-refractivity contribution in [2.75, 3.05) is 27.8 Å². The van der Waals surface area contributed by atoms with Gasteiger partial charge in [0.25, 0.3) is 10.0 Å². The highest BCUT2D eigenvalue weighted by atomic mass is 32.2. The maximum absolute atomic E-state index is 11.9. The summed E-state index contributed by atoms with van der Waals surface area (Å²) in [5, 5.41) is 3.28. The molecule has 0 spiro atoms. The Morgan fingerprint density at radius 3 is 2.65 bits per heavy atom. The van der Waals surface area contributed by atoms with Crippen LogP contribution in [0.5, 0.6) is 0 Å². The van der Waals surface area contributed by atoms with Crippen LogP contribution in [0, 0.1) is 0 Å². The van der Waals surface area contributed by atoms with Crippen molar-refractivity contribution in [2.45, 2.75) is 37.4 Å². The standard InChI is InChI=1S/C13H24N2O4S/c1-5-6-11(10-18-4)14-9-12-7-8-13(19-12)20(16,17)15(2)3/h7-8,11,14H,5-6,9-10H2,1-4H3. The van der Waals surface area contributed by atoms with Gasteiger partial charge in [0.15, 0.2) is 0 Å². The first-order valence-corrected chi connectivity index (χ1v) is 8.09. The summed E-state index contributed by atoms with van der Waals surface area (Å²) in [6, 6.07) is 3.40. The minimum atomic E-state index is -3.50. The van der Waals surface area contributed by atoms with Crippen LogP contribution in [-0.4, -0.2) is 46.6 Å². The van der Waals surface area contributed by atoms with E-state index in [1.54, 1.807) is 13.2 Å². The normalized spacial score (nSPS) is 13.8. The molecule has 116 valence electrons. The van der Waals surface area contributed by atoms with Crippen LogP contribution < -0.4 is 5.32 Å². The van der Waals surface area contributed by atoms with Gasteiger partial charge < -0.3 is 14.5 Å². The zero-order chi connectivity index (χ0) is 15.2. The van der Waals surface area contributed by atoms with E-state index < -0.39 is 10.0 Å². The molecule has 1 aromatic rings. The lowest BCUT2D eigenvalue weighted by Gasteiger charge is -2.16. The number of ether oxygens (including phenoxy) is 1. The van der Waals surface area contributed by atoms with Crippen LogP contribution in [-0.2, 0) is 21.3 Å². The van der Waals surface area contributed by atoms with Crippen molar-refractivity contribution in [3.05, 3.63) is 17.9 Å². The molecular formula is C13H24N2O4S. The molecule has 0 bridgehead atoms. The molecular weight excluding hydrogens is 280 g/mol. The maximum Gasteiger partial charge on any atom is 0.275 e. The molecule has 20 heavy (non-hydrogen) atoms. The SMILES string of the molecule is CCCC(COC)NCc1ccc(S(=O)(=O)N(C)C)o1. The second kappa shape index (κ2) is 7.78. The first-order valence-electron chi connectivity index (χ1n) is 6.65. The van der Waals surface area contributed by atoms with Gasteiger partial charge in [-0.25, -0.2) is 12.7 Å². The largest absolute Gasteiger partial charge is 0.447 e. The first kappa shape index (κ1) is 17.2. The Hall–Kier alpha value is -0.890. The van der Waals surface area contributed by atoms with Gasteiger partial charge in [-0.05, 0) is 18.6 Å². The smallest absolute Gasteiger partial charge is 0.275 e. The van der Waals surface area contributed by atoms with E-state index in [1.807, 2.05) is 0 Å². The quantitative estimate of drug-likeness (QED) is 0.747. The van der Waals surface area contributed by atoms with Crippen molar-refractivity contribution in [2.24, 2.45) is 0 Å². The molecule has 0 saturated heterocycles. The average Bonchev–Trinajstić information content (AvgIpc) is 2.85. The number of rotatable bonds is 9. The molecule has 0 aliphatic rings. The van der Waals surface area contributed by atoms with Crippen molar-refractivity contribution >= 4 is 10.0 Å². The van der Waals surface area contributed by atoms with E-state index in [1.165, 1.54) is 20.2 Å². The molecule has 0 fully saturated rings. The van der Waals surface area contributed by atoms with Gasteiger partial charge in [-0.2, -0.15) is 0 Å². The van der Waals surface area contributed by atoms with Crippen molar-refractivity contribution in [1.29, 1.82) is 0 Å². The molecule has 0 saturated carbocycles. The second-order valence-corrected chi connectivity index (χ2v) is 6.91. The minimum Gasteiger partial charge on any atom is -0.447 e. The Kier molecular flexibility index (Phi) is 6.67. The molecule has 6 nitrogen and oxygen atoms in total. The van der Waals surface area contributed by atoms with E-state index in [-0.39, 0.29) is 11.1 Å². The lowest BCUT2D eigenvalue weighted by molar-refractivity contribution is 0.160. The van der Waals surface area contributed by atoms with E-state index in [9.17, 15) is 8.42 Å². The first-order chi connectivity index (χ1) is 9.41. The van der Waals surface area contributed by atoms with Gasteiger partial charge in [0.2, 0.25) is 5.09 Å². The molecule has 0 radical (unpaired) electrons. The predicted molar refractivity (Wildman–Crippen MR) is 77.0 cm³/mol. The molecule has 1 atom stereocenters. The zero-order valence-electron chi connectivity index (χ0n) is 12.5. The van der Waals surface area contributed by atoms with Crippen molar-refractivity contribution < 1.29 is 17.6 Å². The van der Waals surface area contributed by atoms with E-state index in [2.05, 4.69) is 12.2 Å². The maximum atomic E-state index is 11.9. The van der Waals surface area contributed by atoms with Gasteiger partial charge in [-0.1, -0.05) is 13.3 Å². The Bertz CT molecular complexity index is 490. The van der Waals surface area contributed by atoms with Crippen LogP contribution in [0.25, 0.3) is 0 Å². The van der Waals surface area contributed by atoms with Crippen LogP contribution in [0.2, 0.25) is 0 Å². The molecule has 1 unspecified atom stereocenters. The molecule has 1 aromatic heterocycles. The van der Waals surface area contributed by atoms with E-state index in [0.29, 0.717) is 18.9 Å². The van der Waals surface area contributed by atoms with Gasteiger partial charge in [-0.15, -0.1) is 0 Å². The number of hydrogen-bond donors (Lipinski definition) is 1. The zero-order valence-corrected chi connectivity index (χ0v) is 13.4. The molecule has 0 aliphatic carbocycles. The van der Waals surface area contributed by atoms with E-state index in [0.717, 1.165) is 17.1 Å². The number of furan rings is 1. The van der Waals surface area contributed by atoms with Gasteiger partial charge in [0.05, 0.1) is 13.2 Å². The summed E-state index contributed by atoms with van der Waals surface area (Å²) < 4.78 is 35.4. The summed E-state index contributed by atoms with van der Waals surface area (Å²) in [7, 11) is 1.12. The third-order valence-electron chi connectivity index (χ3n) is 2.94. The Balaban J connectivity index is 2.64. The fourth-order valence-electron chi connectivity index (χ4n) is 1.81. The monoisotopic (exact) mass is 304 g/mol. The number of hydrogen-bond acceptors (Lipinski definition) is 5. The van der Waals surface area contributed by atoms with Gasteiger partial charge in [-0.3, -0.25) is 0 Å². The molecule has 1 heterocycles. The molecule has 0 amide bonds. The highest BCUT2D eigenvalue weighted by molar-refractivity contribution is 7.88. The number of sulfonamides is 1. The fraction of sp³-hybridized carbons (Fsp3) is 0.692. The Morgan fingerprint density at radius 1 is 1.40 bits per heavy atom. The van der Waals surface area contributed by atoms with Gasteiger partial charge in [0, 0.05) is 27.2 Å². The van der Waals surface area contributed by atoms with Crippen LogP contribution >= 0.6 is 0 Å². The van der Waals surface area contributed by atoms with Crippen molar-refractivity contribution in [3.63, 3.8) is 0 Å². The average molecular weight is 304 g/mol. The van der Waals surface area contributed by atoms with E-state index >= 15 is 0 Å². The Morgan fingerprint density at radius 2 is 2.10 bits per heavy atom. The summed E-state index contributed by atoms with van der Waals surface area (Å²) >= 11 is 0. The van der Waals surface area contributed by atoms with Crippen LogP contribution in [0.15, 0.2) is 21.6 Å². The molecule has 1 N–H and O–H groups in total. The summed E-state index contributed by atoms with van der Waals surface area (Å²) in [5.41, 5.74) is 0. The lowest BCUT2D eigenvalue weighted by Crippen LogP contribution is -2.32. The highest BCUT2D eigenvalue weighted by Gasteiger charge is 2.21. The summed E-state index contributed by atoms with van der Waals surface area (Å²) in [6.45, 7) is 3.22. The minimum absolute atomic E-state index is 0.0296. The summed E-state index contributed by atoms with van der Waals surface area (Å²) in [5.74, 6) is 0.600. The molecule has 1 rings (SSSR count). The van der Waals surface area contributed by atoms with Crippen molar-refractivity contribution in [3.8, 4) is 0 Å². The van der Waals surface area contributed by atoms with Gasteiger partial charge in [0.1, 0.15) is 5.76 Å². The number of nitrogens with zero attached hydrogens (tertiary/aromatic N) is 1.